The van der Waals surface area contributed by atoms with Gasteiger partial charge in [0.2, 0.25) is 5.89 Å². The highest BCUT2D eigenvalue weighted by atomic mass is 32.1. The smallest absolute Gasteiger partial charge is 0.208 e. The van der Waals surface area contributed by atoms with Gasteiger partial charge in [0, 0.05) is 10.9 Å². The summed E-state index contributed by atoms with van der Waals surface area (Å²) in [6.45, 7) is 3.68. The summed E-state index contributed by atoms with van der Waals surface area (Å²) in [4.78, 5) is 4.19. The van der Waals surface area contributed by atoms with Crippen LogP contribution in [0.2, 0.25) is 0 Å². The average molecular weight is 208 g/mol. The van der Waals surface area contributed by atoms with Gasteiger partial charge < -0.3 is 9.73 Å². The molecular formula is C10H12N2OS. The van der Waals surface area contributed by atoms with E-state index in [0.29, 0.717) is 6.54 Å². The molecule has 0 bridgehead atoms. The maximum Gasteiger partial charge on any atom is 0.208 e. The summed E-state index contributed by atoms with van der Waals surface area (Å²) in [6, 6.07) is 2.03. The number of nitrogens with one attached hydrogen (secondary N) is 1. The number of nitrogens with zero attached hydrogens (tertiary/aromatic N) is 1. The highest BCUT2D eigenvalue weighted by Crippen LogP contribution is 2.22. The first-order chi connectivity index (χ1) is 6.90. The van der Waals surface area contributed by atoms with Crippen LogP contribution >= 0.6 is 11.3 Å². The third-order valence-electron chi connectivity index (χ3n) is 1.89. The average Bonchev–Trinajstić information content (AvgIpc) is 2.85. The molecule has 3 nitrogen and oxygen atoms in total. The Bertz CT molecular complexity index is 380. The molecule has 0 aliphatic heterocycles. The van der Waals surface area contributed by atoms with Gasteiger partial charge in [0.25, 0.3) is 0 Å². The fraction of sp³-hybridized carbons (Fsp3) is 0.300. The fourth-order valence-corrected chi connectivity index (χ4v) is 1.81. The Morgan fingerprint density at radius 3 is 3.21 bits per heavy atom. The number of hydrogen-bond acceptors (Lipinski definition) is 4. The second kappa shape index (κ2) is 4.39. The van der Waals surface area contributed by atoms with Crippen LogP contribution in [-0.4, -0.2) is 11.5 Å². The zero-order chi connectivity index (χ0) is 9.80. The van der Waals surface area contributed by atoms with Crippen molar-refractivity contribution in [2.24, 2.45) is 0 Å². The predicted octanol–water partition coefficient (Wildman–Crippen LogP) is 2.51. The Morgan fingerprint density at radius 1 is 1.57 bits per heavy atom. The summed E-state index contributed by atoms with van der Waals surface area (Å²) < 4.78 is 5.56. The Hall–Kier alpha value is -1.13. The van der Waals surface area contributed by atoms with Crippen LogP contribution in [0.3, 0.4) is 0 Å². The number of hydrogen-bond donors (Lipinski definition) is 1. The highest BCUT2D eigenvalue weighted by Gasteiger charge is 2.05. The molecular weight excluding hydrogens is 196 g/mol. The molecule has 0 unspecified atom stereocenters. The van der Waals surface area contributed by atoms with Gasteiger partial charge in [-0.05, 0) is 18.0 Å². The van der Waals surface area contributed by atoms with Gasteiger partial charge in [0.15, 0.2) is 5.76 Å². The lowest BCUT2D eigenvalue weighted by molar-refractivity contribution is 0.482. The molecule has 0 radical (unpaired) electrons. The number of aromatic nitrogens is 1. The molecule has 2 aromatic rings. The van der Waals surface area contributed by atoms with Gasteiger partial charge in [0.05, 0.1) is 12.7 Å². The summed E-state index contributed by atoms with van der Waals surface area (Å²) in [5.41, 5.74) is 1.10. The van der Waals surface area contributed by atoms with Gasteiger partial charge in [-0.3, -0.25) is 0 Å². The zero-order valence-electron chi connectivity index (χ0n) is 7.99. The molecule has 0 amide bonds. The van der Waals surface area contributed by atoms with E-state index in [9.17, 15) is 0 Å². The largest absolute Gasteiger partial charge is 0.439 e. The lowest BCUT2D eigenvalue weighted by Gasteiger charge is -1.94. The van der Waals surface area contributed by atoms with Crippen LogP contribution in [0.15, 0.2) is 27.4 Å². The van der Waals surface area contributed by atoms with Crippen LogP contribution in [0.5, 0.6) is 0 Å². The summed E-state index contributed by atoms with van der Waals surface area (Å²) in [6.07, 6.45) is 1.77. The van der Waals surface area contributed by atoms with Crippen LogP contribution in [0.25, 0.3) is 11.3 Å². The minimum absolute atomic E-state index is 0.695. The maximum atomic E-state index is 5.56. The van der Waals surface area contributed by atoms with Crippen LogP contribution in [0, 0.1) is 0 Å². The van der Waals surface area contributed by atoms with Crippen molar-refractivity contribution in [3.63, 3.8) is 0 Å². The van der Waals surface area contributed by atoms with Crippen LogP contribution in [0.1, 0.15) is 12.8 Å². The molecule has 0 atom stereocenters. The van der Waals surface area contributed by atoms with E-state index in [0.717, 1.165) is 23.8 Å². The molecule has 2 heterocycles. The van der Waals surface area contributed by atoms with Crippen molar-refractivity contribution in [1.29, 1.82) is 0 Å². The molecule has 2 aromatic heterocycles. The number of rotatable bonds is 4. The van der Waals surface area contributed by atoms with Crippen molar-refractivity contribution in [3.8, 4) is 11.3 Å². The molecule has 1 N–H and O–H groups in total. The number of oxazole rings is 1. The summed E-state index contributed by atoms with van der Waals surface area (Å²) in [7, 11) is 0. The van der Waals surface area contributed by atoms with E-state index in [-0.39, 0.29) is 0 Å². The van der Waals surface area contributed by atoms with Crippen molar-refractivity contribution >= 4 is 11.3 Å². The second-order valence-corrected chi connectivity index (χ2v) is 3.69. The van der Waals surface area contributed by atoms with E-state index in [4.69, 9.17) is 4.42 Å². The molecule has 0 aromatic carbocycles. The van der Waals surface area contributed by atoms with E-state index in [2.05, 4.69) is 22.6 Å². The zero-order valence-corrected chi connectivity index (χ0v) is 8.80. The molecule has 0 saturated heterocycles. The van der Waals surface area contributed by atoms with Crippen molar-refractivity contribution < 1.29 is 4.42 Å². The van der Waals surface area contributed by atoms with Crippen LogP contribution < -0.4 is 5.32 Å². The van der Waals surface area contributed by atoms with Crippen LogP contribution in [0.4, 0.5) is 0 Å². The second-order valence-electron chi connectivity index (χ2n) is 2.91. The quantitative estimate of drug-likeness (QED) is 0.839. The third-order valence-corrected chi connectivity index (χ3v) is 2.57. The molecule has 0 aliphatic rings. The van der Waals surface area contributed by atoms with Gasteiger partial charge in [0.1, 0.15) is 0 Å². The lowest BCUT2D eigenvalue weighted by Crippen LogP contribution is -2.11. The molecule has 4 heteroatoms. The van der Waals surface area contributed by atoms with Crippen molar-refractivity contribution in [3.05, 3.63) is 28.9 Å². The highest BCUT2D eigenvalue weighted by molar-refractivity contribution is 7.08. The first-order valence-electron chi connectivity index (χ1n) is 4.58. The SMILES string of the molecule is CCNCc1ncc(-c2ccsc2)o1. The van der Waals surface area contributed by atoms with Crippen molar-refractivity contribution in [2.75, 3.05) is 6.54 Å². The van der Waals surface area contributed by atoms with Gasteiger partial charge >= 0.3 is 0 Å². The Balaban J connectivity index is 2.10. The molecule has 0 saturated carbocycles. The first-order valence-corrected chi connectivity index (χ1v) is 5.52. The summed E-state index contributed by atoms with van der Waals surface area (Å²) in [5, 5.41) is 7.25. The summed E-state index contributed by atoms with van der Waals surface area (Å²) in [5.74, 6) is 1.59. The van der Waals surface area contributed by atoms with E-state index in [1.54, 1.807) is 17.5 Å². The molecule has 0 fully saturated rings. The molecule has 0 spiro atoms. The molecule has 2 rings (SSSR count). The van der Waals surface area contributed by atoms with Gasteiger partial charge in [-0.25, -0.2) is 4.98 Å². The Labute approximate surface area is 86.8 Å². The lowest BCUT2D eigenvalue weighted by atomic mass is 10.3. The topological polar surface area (TPSA) is 38.1 Å². The van der Waals surface area contributed by atoms with E-state index < -0.39 is 0 Å². The van der Waals surface area contributed by atoms with Crippen molar-refractivity contribution in [2.45, 2.75) is 13.5 Å². The van der Waals surface area contributed by atoms with E-state index >= 15 is 0 Å². The standard InChI is InChI=1S/C10H12N2OS/c1-2-11-6-10-12-5-9(13-10)8-3-4-14-7-8/h3-5,7,11H,2,6H2,1H3. The minimum Gasteiger partial charge on any atom is -0.439 e. The van der Waals surface area contributed by atoms with Gasteiger partial charge in [-0.15, -0.1) is 0 Å². The normalized spacial score (nSPS) is 10.6. The Morgan fingerprint density at radius 2 is 2.50 bits per heavy atom. The fourth-order valence-electron chi connectivity index (χ4n) is 1.16. The predicted molar refractivity (Wildman–Crippen MR) is 57.2 cm³/mol. The van der Waals surface area contributed by atoms with Crippen molar-refractivity contribution in [1.82, 2.24) is 10.3 Å². The Kier molecular flexibility index (Phi) is 2.96. The molecule has 0 aliphatic carbocycles. The van der Waals surface area contributed by atoms with Gasteiger partial charge in [-0.2, -0.15) is 11.3 Å². The maximum absolute atomic E-state index is 5.56. The van der Waals surface area contributed by atoms with E-state index in [1.165, 1.54) is 0 Å². The van der Waals surface area contributed by atoms with E-state index in [1.807, 2.05) is 11.4 Å². The third kappa shape index (κ3) is 2.02. The van der Waals surface area contributed by atoms with Gasteiger partial charge in [-0.1, -0.05) is 6.92 Å². The monoisotopic (exact) mass is 208 g/mol. The molecule has 14 heavy (non-hydrogen) atoms. The summed E-state index contributed by atoms with van der Waals surface area (Å²) >= 11 is 1.66. The van der Waals surface area contributed by atoms with Crippen LogP contribution in [-0.2, 0) is 6.54 Å². The minimum atomic E-state index is 0.695. The molecule has 74 valence electrons. The number of thiophene rings is 1. The first kappa shape index (κ1) is 9.43.